The number of hydrogen-bond donors (Lipinski definition) is 2. The lowest BCUT2D eigenvalue weighted by molar-refractivity contribution is 0.0988. The first-order chi connectivity index (χ1) is 13.8. The normalized spacial score (nSPS) is 12.0. The molecule has 0 spiro atoms. The molecule has 2 heterocycles. The molecular formula is C20H21FN4O2S2. The number of carbonyl (C=O) groups is 2. The van der Waals surface area contributed by atoms with Gasteiger partial charge in [0.05, 0.1) is 10.9 Å². The topological polar surface area (TPSA) is 87.7 Å². The number of nitrogens with one attached hydrogen (secondary N) is 2. The van der Waals surface area contributed by atoms with Crippen LogP contribution in [0.1, 0.15) is 51.5 Å². The zero-order chi connectivity index (χ0) is 21.1. The summed E-state index contributed by atoms with van der Waals surface area (Å²) in [6.45, 7) is 7.39. The maximum Gasteiger partial charge on any atom is 0.206 e. The van der Waals surface area contributed by atoms with Crippen LogP contribution in [-0.2, 0) is 6.54 Å². The summed E-state index contributed by atoms with van der Waals surface area (Å²) >= 11 is 2.68. The maximum atomic E-state index is 13.0. The van der Waals surface area contributed by atoms with Gasteiger partial charge in [0.25, 0.3) is 0 Å². The number of hydrogen-bond acceptors (Lipinski definition) is 7. The van der Waals surface area contributed by atoms with Crippen LogP contribution in [0.15, 0.2) is 28.6 Å². The number of halogens is 1. The second kappa shape index (κ2) is 8.87. The summed E-state index contributed by atoms with van der Waals surface area (Å²) in [6, 6.07) is 6.23. The van der Waals surface area contributed by atoms with Gasteiger partial charge in [-0.15, -0.1) is 10.2 Å². The molecule has 3 aromatic rings. The minimum Gasteiger partial charge on any atom is -0.356 e. The molecule has 1 aromatic carbocycles. The molecule has 2 N–H and O–H groups in total. The number of H-pyrrole nitrogens is 1. The Balaban J connectivity index is 1.63. The third-order valence-electron chi connectivity index (χ3n) is 4.45. The van der Waals surface area contributed by atoms with Gasteiger partial charge in [-0.3, -0.25) is 9.59 Å². The zero-order valence-corrected chi connectivity index (χ0v) is 18.1. The van der Waals surface area contributed by atoms with Gasteiger partial charge < -0.3 is 10.3 Å². The zero-order valence-electron chi connectivity index (χ0n) is 16.5. The highest BCUT2D eigenvalue weighted by Gasteiger charge is 2.25. The molecule has 0 aliphatic carbocycles. The van der Waals surface area contributed by atoms with E-state index in [4.69, 9.17) is 0 Å². The van der Waals surface area contributed by atoms with E-state index in [0.717, 1.165) is 5.56 Å². The van der Waals surface area contributed by atoms with Crippen molar-refractivity contribution >= 4 is 39.8 Å². The molecule has 0 fully saturated rings. The van der Waals surface area contributed by atoms with Crippen molar-refractivity contribution in [2.45, 2.75) is 43.8 Å². The highest BCUT2D eigenvalue weighted by atomic mass is 32.2. The molecule has 6 nitrogen and oxygen atoms in total. The molecule has 3 rings (SSSR count). The van der Waals surface area contributed by atoms with Crippen LogP contribution >= 0.6 is 23.1 Å². The quantitative estimate of drug-likeness (QED) is 0.393. The highest BCUT2D eigenvalue weighted by Crippen LogP contribution is 2.31. The summed E-state index contributed by atoms with van der Waals surface area (Å²) < 4.78 is 13.6. The fourth-order valence-corrected chi connectivity index (χ4v) is 4.99. The van der Waals surface area contributed by atoms with E-state index in [1.807, 2.05) is 6.92 Å². The summed E-state index contributed by atoms with van der Waals surface area (Å²) in [4.78, 5) is 27.7. The number of ketones is 2. The van der Waals surface area contributed by atoms with Crippen molar-refractivity contribution < 1.29 is 14.0 Å². The Morgan fingerprint density at radius 1 is 1.24 bits per heavy atom. The molecule has 0 aliphatic rings. The number of thioether (sulfide) groups is 1. The molecule has 9 heteroatoms. The van der Waals surface area contributed by atoms with Crippen LogP contribution in [0.3, 0.4) is 0 Å². The summed E-state index contributed by atoms with van der Waals surface area (Å²) in [7, 11) is 0. The van der Waals surface area contributed by atoms with Crippen molar-refractivity contribution in [1.82, 2.24) is 15.2 Å². The van der Waals surface area contributed by atoms with Crippen molar-refractivity contribution in [2.75, 3.05) is 5.32 Å². The van der Waals surface area contributed by atoms with E-state index in [9.17, 15) is 14.0 Å². The standard InChI is InChI=1S/C20H21FN4O2S2/c1-10-16(12(3)26)11(2)23-17(10)18(27)13(4)28-20-25-24-19(29-20)22-9-14-5-7-15(21)8-6-14/h5-8,13,23H,9H2,1-4H3,(H,22,24). The van der Waals surface area contributed by atoms with Crippen molar-refractivity contribution in [2.24, 2.45) is 0 Å². The molecule has 0 aliphatic heterocycles. The molecule has 1 unspecified atom stereocenters. The number of nitrogens with zero attached hydrogens (tertiary/aromatic N) is 2. The number of aromatic nitrogens is 3. The fraction of sp³-hybridized carbons (Fsp3) is 0.300. The molecule has 0 saturated carbocycles. The number of carbonyl (C=O) groups excluding carboxylic acids is 2. The number of rotatable bonds is 8. The number of Topliss-reactive ketones (excluding diaryl/α,β-unsaturated/α-hetero) is 2. The molecule has 0 bridgehead atoms. The first kappa shape index (κ1) is 21.2. The van der Waals surface area contributed by atoms with E-state index in [1.165, 1.54) is 42.2 Å². The van der Waals surface area contributed by atoms with Crippen molar-refractivity contribution in [3.63, 3.8) is 0 Å². The van der Waals surface area contributed by atoms with Gasteiger partial charge in [-0.25, -0.2) is 4.39 Å². The number of benzene rings is 1. The third-order valence-corrected chi connectivity index (χ3v) is 6.51. The van der Waals surface area contributed by atoms with Gasteiger partial charge in [-0.2, -0.15) is 0 Å². The lowest BCUT2D eigenvalue weighted by atomic mass is 10.0. The fourth-order valence-electron chi connectivity index (χ4n) is 3.04. The average Bonchev–Trinajstić information content (AvgIpc) is 3.24. The Morgan fingerprint density at radius 3 is 2.55 bits per heavy atom. The molecule has 0 radical (unpaired) electrons. The number of anilines is 1. The molecular weight excluding hydrogens is 411 g/mol. The molecule has 29 heavy (non-hydrogen) atoms. The van der Waals surface area contributed by atoms with E-state index < -0.39 is 0 Å². The maximum absolute atomic E-state index is 13.0. The van der Waals surface area contributed by atoms with Gasteiger partial charge in [0.2, 0.25) is 5.13 Å². The van der Waals surface area contributed by atoms with Crippen LogP contribution in [-0.4, -0.2) is 32.0 Å². The Morgan fingerprint density at radius 2 is 1.93 bits per heavy atom. The predicted octanol–water partition coefficient (Wildman–Crippen LogP) is 4.80. The van der Waals surface area contributed by atoms with Crippen LogP contribution in [0.25, 0.3) is 0 Å². The Hall–Kier alpha value is -2.52. The molecule has 0 saturated heterocycles. The number of aromatic amines is 1. The SMILES string of the molecule is CC(=O)c1c(C)[nH]c(C(=O)C(C)Sc2nnc(NCc3ccc(F)cc3)s2)c1C. The summed E-state index contributed by atoms with van der Waals surface area (Å²) in [5.74, 6) is -0.416. The molecule has 1 atom stereocenters. The lowest BCUT2D eigenvalue weighted by Crippen LogP contribution is -2.15. The van der Waals surface area contributed by atoms with Gasteiger partial charge in [0.1, 0.15) is 5.82 Å². The number of aryl methyl sites for hydroxylation is 1. The van der Waals surface area contributed by atoms with Gasteiger partial charge >= 0.3 is 0 Å². The van der Waals surface area contributed by atoms with Crippen LogP contribution in [0, 0.1) is 19.7 Å². The van der Waals surface area contributed by atoms with E-state index in [-0.39, 0.29) is 22.6 Å². The van der Waals surface area contributed by atoms with Gasteiger partial charge in [-0.05, 0) is 51.0 Å². The van der Waals surface area contributed by atoms with Crippen molar-refractivity contribution in [3.8, 4) is 0 Å². The van der Waals surface area contributed by atoms with Crippen molar-refractivity contribution in [1.29, 1.82) is 0 Å². The van der Waals surface area contributed by atoms with E-state index in [2.05, 4.69) is 20.5 Å². The first-order valence-corrected chi connectivity index (χ1v) is 10.7. The van der Waals surface area contributed by atoms with E-state index in [1.54, 1.807) is 26.0 Å². The second-order valence-electron chi connectivity index (χ2n) is 6.66. The minimum absolute atomic E-state index is 0.0587. The van der Waals surface area contributed by atoms with Crippen LogP contribution in [0.2, 0.25) is 0 Å². The Bertz CT molecular complexity index is 1040. The minimum atomic E-state index is -0.385. The highest BCUT2D eigenvalue weighted by molar-refractivity contribution is 8.02. The average molecular weight is 433 g/mol. The molecule has 152 valence electrons. The predicted molar refractivity (Wildman–Crippen MR) is 114 cm³/mol. The monoisotopic (exact) mass is 432 g/mol. The lowest BCUT2D eigenvalue weighted by Gasteiger charge is -2.07. The molecule has 0 amide bonds. The summed E-state index contributed by atoms with van der Waals surface area (Å²) in [5, 5.41) is 11.6. The van der Waals surface area contributed by atoms with Crippen LogP contribution in [0.5, 0.6) is 0 Å². The van der Waals surface area contributed by atoms with Gasteiger partial charge in [-0.1, -0.05) is 35.2 Å². The largest absolute Gasteiger partial charge is 0.356 e. The summed E-state index contributed by atoms with van der Waals surface area (Å²) in [6.07, 6.45) is 0. The van der Waals surface area contributed by atoms with Gasteiger partial charge in [0.15, 0.2) is 15.9 Å². The molecule has 2 aromatic heterocycles. The van der Waals surface area contributed by atoms with E-state index in [0.29, 0.717) is 38.5 Å². The summed E-state index contributed by atoms with van der Waals surface area (Å²) in [5.41, 5.74) is 3.36. The van der Waals surface area contributed by atoms with Crippen LogP contribution < -0.4 is 5.32 Å². The smallest absolute Gasteiger partial charge is 0.206 e. The Labute approximate surface area is 176 Å². The Kier molecular flexibility index (Phi) is 6.49. The van der Waals surface area contributed by atoms with Crippen LogP contribution in [0.4, 0.5) is 9.52 Å². The third kappa shape index (κ3) is 4.91. The first-order valence-electron chi connectivity index (χ1n) is 8.99. The second-order valence-corrected chi connectivity index (χ2v) is 9.22. The van der Waals surface area contributed by atoms with Crippen molar-refractivity contribution in [3.05, 3.63) is 58.2 Å². The van der Waals surface area contributed by atoms with Gasteiger partial charge in [0, 0.05) is 17.8 Å². The van der Waals surface area contributed by atoms with E-state index >= 15 is 0 Å².